The van der Waals surface area contributed by atoms with E-state index in [4.69, 9.17) is 4.52 Å². The zero-order valence-corrected chi connectivity index (χ0v) is 7.60. The maximum absolute atomic E-state index is 5.14. The molecule has 5 nitrogen and oxygen atoms in total. The Morgan fingerprint density at radius 1 is 1.50 bits per heavy atom. The van der Waals surface area contributed by atoms with E-state index in [-0.39, 0.29) is 0 Å². The van der Waals surface area contributed by atoms with Crippen molar-refractivity contribution in [1.29, 1.82) is 0 Å². The van der Waals surface area contributed by atoms with Gasteiger partial charge in [0, 0.05) is 17.8 Å². The molecule has 5 heteroatoms. The van der Waals surface area contributed by atoms with Crippen molar-refractivity contribution in [2.24, 2.45) is 0 Å². The first kappa shape index (κ1) is 7.73. The van der Waals surface area contributed by atoms with E-state index in [0.717, 1.165) is 17.4 Å². The Labute approximate surface area is 80.5 Å². The summed E-state index contributed by atoms with van der Waals surface area (Å²) in [6, 6.07) is 1.91. The average Bonchev–Trinajstić information content (AvgIpc) is 2.75. The van der Waals surface area contributed by atoms with Crippen LogP contribution in [0.3, 0.4) is 0 Å². The van der Waals surface area contributed by atoms with E-state index in [1.165, 1.54) is 12.8 Å². The summed E-state index contributed by atoms with van der Waals surface area (Å²) in [6.07, 6.45) is 4.75. The molecule has 0 aliphatic heterocycles. The van der Waals surface area contributed by atoms with Crippen molar-refractivity contribution in [2.45, 2.75) is 25.2 Å². The lowest BCUT2D eigenvalue weighted by molar-refractivity contribution is 0.374. The van der Waals surface area contributed by atoms with Gasteiger partial charge in [0.25, 0.3) is 0 Å². The molecule has 0 aromatic carbocycles. The summed E-state index contributed by atoms with van der Waals surface area (Å²) in [7, 11) is 0. The molecule has 1 fully saturated rings. The van der Waals surface area contributed by atoms with Crippen LogP contribution in [-0.4, -0.2) is 20.3 Å². The standard InChI is InChI=1S/C9H10N4O/c1-2-6(1)9-11-8(13-14-9)5-7-3-4-10-12-7/h3-4,6H,1-2,5H2,(H,10,12). The highest BCUT2D eigenvalue weighted by atomic mass is 16.5. The van der Waals surface area contributed by atoms with Crippen LogP contribution in [0.25, 0.3) is 0 Å². The summed E-state index contributed by atoms with van der Waals surface area (Å²) in [5.74, 6) is 2.05. The quantitative estimate of drug-likeness (QED) is 0.791. The number of aromatic amines is 1. The molecular formula is C9H10N4O. The van der Waals surface area contributed by atoms with Crippen molar-refractivity contribution in [3.63, 3.8) is 0 Å². The highest BCUT2D eigenvalue weighted by molar-refractivity contribution is 5.08. The van der Waals surface area contributed by atoms with Gasteiger partial charge < -0.3 is 4.52 Å². The molecule has 0 unspecified atom stereocenters. The molecule has 0 radical (unpaired) electrons. The third kappa shape index (κ3) is 1.41. The smallest absolute Gasteiger partial charge is 0.229 e. The van der Waals surface area contributed by atoms with Gasteiger partial charge in [0.2, 0.25) is 5.89 Å². The van der Waals surface area contributed by atoms with Crippen molar-refractivity contribution < 1.29 is 4.52 Å². The van der Waals surface area contributed by atoms with Crippen LogP contribution in [0.1, 0.15) is 36.2 Å². The SMILES string of the molecule is c1cc(Cc2noc(C3CC3)n2)[nH]n1. The Balaban J connectivity index is 1.76. The molecule has 1 aliphatic rings. The molecule has 0 spiro atoms. The van der Waals surface area contributed by atoms with Crippen LogP contribution in [0.15, 0.2) is 16.8 Å². The minimum atomic E-state index is 0.526. The summed E-state index contributed by atoms with van der Waals surface area (Å²) in [4.78, 5) is 4.32. The van der Waals surface area contributed by atoms with Crippen LogP contribution in [0.2, 0.25) is 0 Å². The largest absolute Gasteiger partial charge is 0.339 e. The fourth-order valence-electron chi connectivity index (χ4n) is 1.39. The van der Waals surface area contributed by atoms with E-state index in [2.05, 4.69) is 20.3 Å². The Kier molecular flexibility index (Phi) is 1.62. The normalized spacial score (nSPS) is 16.0. The van der Waals surface area contributed by atoms with E-state index in [0.29, 0.717) is 12.3 Å². The molecule has 1 N–H and O–H groups in total. The molecule has 14 heavy (non-hydrogen) atoms. The van der Waals surface area contributed by atoms with E-state index >= 15 is 0 Å². The van der Waals surface area contributed by atoms with Crippen LogP contribution in [0, 0.1) is 0 Å². The van der Waals surface area contributed by atoms with Gasteiger partial charge in [-0.2, -0.15) is 10.1 Å². The lowest BCUT2D eigenvalue weighted by atomic mass is 10.3. The van der Waals surface area contributed by atoms with Gasteiger partial charge in [-0.3, -0.25) is 5.10 Å². The molecule has 0 bridgehead atoms. The summed E-state index contributed by atoms with van der Waals surface area (Å²) in [5.41, 5.74) is 1.01. The third-order valence-corrected chi connectivity index (χ3v) is 2.32. The second-order valence-corrected chi connectivity index (χ2v) is 3.58. The summed E-state index contributed by atoms with van der Waals surface area (Å²) in [5, 5.41) is 10.6. The number of nitrogens with zero attached hydrogens (tertiary/aromatic N) is 3. The topological polar surface area (TPSA) is 67.6 Å². The van der Waals surface area contributed by atoms with Gasteiger partial charge in [0.05, 0.1) is 6.42 Å². The molecule has 2 heterocycles. The van der Waals surface area contributed by atoms with Gasteiger partial charge in [-0.05, 0) is 18.9 Å². The zero-order valence-electron chi connectivity index (χ0n) is 7.60. The van der Waals surface area contributed by atoms with Crippen LogP contribution in [0.5, 0.6) is 0 Å². The molecule has 0 atom stereocenters. The summed E-state index contributed by atoms with van der Waals surface area (Å²) >= 11 is 0. The number of hydrogen-bond donors (Lipinski definition) is 1. The monoisotopic (exact) mass is 190 g/mol. The molecule has 72 valence electrons. The van der Waals surface area contributed by atoms with E-state index < -0.39 is 0 Å². The summed E-state index contributed by atoms with van der Waals surface area (Å²) < 4.78 is 5.14. The Bertz CT molecular complexity index is 416. The molecule has 0 saturated heterocycles. The van der Waals surface area contributed by atoms with Crippen molar-refractivity contribution in [2.75, 3.05) is 0 Å². The Morgan fingerprint density at radius 3 is 3.14 bits per heavy atom. The van der Waals surface area contributed by atoms with Crippen molar-refractivity contribution in [3.8, 4) is 0 Å². The number of hydrogen-bond acceptors (Lipinski definition) is 4. The van der Waals surface area contributed by atoms with Crippen LogP contribution >= 0.6 is 0 Å². The predicted octanol–water partition coefficient (Wildman–Crippen LogP) is 1.26. The molecule has 1 aliphatic carbocycles. The number of aromatic nitrogens is 4. The molecule has 2 aromatic heterocycles. The maximum Gasteiger partial charge on any atom is 0.229 e. The van der Waals surface area contributed by atoms with Gasteiger partial charge in [-0.25, -0.2) is 0 Å². The van der Waals surface area contributed by atoms with Crippen LogP contribution in [0.4, 0.5) is 0 Å². The van der Waals surface area contributed by atoms with Gasteiger partial charge >= 0.3 is 0 Å². The first-order valence-electron chi connectivity index (χ1n) is 4.72. The zero-order chi connectivity index (χ0) is 9.38. The number of H-pyrrole nitrogens is 1. The first-order valence-corrected chi connectivity index (χ1v) is 4.72. The number of nitrogens with one attached hydrogen (secondary N) is 1. The van der Waals surface area contributed by atoms with Gasteiger partial charge in [0.1, 0.15) is 0 Å². The average molecular weight is 190 g/mol. The maximum atomic E-state index is 5.14. The highest BCUT2D eigenvalue weighted by Gasteiger charge is 2.29. The second kappa shape index (κ2) is 2.94. The van der Waals surface area contributed by atoms with Crippen molar-refractivity contribution >= 4 is 0 Å². The van der Waals surface area contributed by atoms with E-state index in [1.807, 2.05) is 6.07 Å². The predicted molar refractivity (Wildman–Crippen MR) is 47.7 cm³/mol. The van der Waals surface area contributed by atoms with Gasteiger partial charge in [-0.15, -0.1) is 0 Å². The summed E-state index contributed by atoms with van der Waals surface area (Å²) in [6.45, 7) is 0. The van der Waals surface area contributed by atoms with E-state index in [9.17, 15) is 0 Å². The van der Waals surface area contributed by atoms with Crippen LogP contribution in [-0.2, 0) is 6.42 Å². The van der Waals surface area contributed by atoms with Crippen molar-refractivity contribution in [1.82, 2.24) is 20.3 Å². The second-order valence-electron chi connectivity index (χ2n) is 3.58. The van der Waals surface area contributed by atoms with E-state index in [1.54, 1.807) is 6.20 Å². The first-order chi connectivity index (χ1) is 6.92. The highest BCUT2D eigenvalue weighted by Crippen LogP contribution is 2.38. The van der Waals surface area contributed by atoms with Gasteiger partial charge in [-0.1, -0.05) is 5.16 Å². The molecule has 3 rings (SSSR count). The third-order valence-electron chi connectivity index (χ3n) is 2.32. The Morgan fingerprint density at radius 2 is 2.43 bits per heavy atom. The molecule has 0 amide bonds. The van der Waals surface area contributed by atoms with Gasteiger partial charge in [0.15, 0.2) is 5.82 Å². The molecular weight excluding hydrogens is 180 g/mol. The van der Waals surface area contributed by atoms with Crippen LogP contribution < -0.4 is 0 Å². The minimum Gasteiger partial charge on any atom is -0.339 e. The number of rotatable bonds is 3. The van der Waals surface area contributed by atoms with Crippen molar-refractivity contribution in [3.05, 3.63) is 29.7 Å². The lowest BCUT2D eigenvalue weighted by Crippen LogP contribution is -1.91. The molecule has 1 saturated carbocycles. The molecule has 2 aromatic rings. The Hall–Kier alpha value is -1.65. The fourth-order valence-corrected chi connectivity index (χ4v) is 1.39. The lowest BCUT2D eigenvalue weighted by Gasteiger charge is -1.87. The fraction of sp³-hybridized carbons (Fsp3) is 0.444. The minimum absolute atomic E-state index is 0.526.